The third kappa shape index (κ3) is 6.61. The van der Waals surface area contributed by atoms with Gasteiger partial charge in [-0.15, -0.1) is 0 Å². The van der Waals surface area contributed by atoms with Gasteiger partial charge in [-0.2, -0.15) is 0 Å². The summed E-state index contributed by atoms with van der Waals surface area (Å²) in [6.45, 7) is 7.66. The first-order chi connectivity index (χ1) is 7.93. The molecule has 0 fully saturated rings. The van der Waals surface area contributed by atoms with Crippen LogP contribution in [0.3, 0.4) is 0 Å². The van der Waals surface area contributed by atoms with E-state index in [0.29, 0.717) is 5.92 Å². The summed E-state index contributed by atoms with van der Waals surface area (Å²) in [6.07, 6.45) is 3.09. The average molecular weight is 370 g/mol. The number of hydrogen-bond acceptors (Lipinski definition) is 1. The summed E-state index contributed by atoms with van der Waals surface area (Å²) in [7, 11) is 0. The predicted octanol–water partition coefficient (Wildman–Crippen LogP) is 4.48. The summed E-state index contributed by atoms with van der Waals surface area (Å²) in [5.74, 6) is -0.442. The Labute approximate surface area is 121 Å². The number of rotatable bonds is 9. The van der Waals surface area contributed by atoms with Gasteiger partial charge in [-0.05, 0) is 38.0 Å². The van der Waals surface area contributed by atoms with Crippen LogP contribution < -0.4 is 0 Å². The van der Waals surface area contributed by atoms with Crippen LogP contribution in [-0.2, 0) is 4.79 Å². The molecule has 0 heterocycles. The molecule has 2 atom stereocenters. The maximum atomic E-state index is 11.1. The second kappa shape index (κ2) is 9.15. The van der Waals surface area contributed by atoms with Crippen LogP contribution in [0.1, 0.15) is 33.1 Å². The molecule has 2 nitrogen and oxygen atoms in total. The number of carboxylic acids is 1. The topological polar surface area (TPSA) is 37.3 Å². The van der Waals surface area contributed by atoms with Crippen LogP contribution in [0.25, 0.3) is 0 Å². The standard InChI is InChI=1S/C13H22Br2O2/c1-9(2)12(10(3)13(16)17)8-11(4-6-14)5-7-15/h10-12H,1,4-8H2,2-3H3,(H,16,17)/t10-,12+/m1/s1. The first kappa shape index (κ1) is 17.2. The van der Waals surface area contributed by atoms with Crippen molar-refractivity contribution in [2.75, 3.05) is 10.7 Å². The van der Waals surface area contributed by atoms with Crippen LogP contribution in [0, 0.1) is 17.8 Å². The fourth-order valence-electron chi connectivity index (χ4n) is 2.05. The fourth-order valence-corrected chi connectivity index (χ4v) is 3.35. The van der Waals surface area contributed by atoms with Crippen molar-refractivity contribution >= 4 is 37.8 Å². The zero-order valence-corrected chi connectivity index (χ0v) is 13.8. The third-order valence-electron chi connectivity index (χ3n) is 3.25. The lowest BCUT2D eigenvalue weighted by Gasteiger charge is -2.26. The van der Waals surface area contributed by atoms with Gasteiger partial charge in [-0.3, -0.25) is 4.79 Å². The molecule has 0 aliphatic rings. The number of halogens is 2. The van der Waals surface area contributed by atoms with E-state index in [4.69, 9.17) is 5.11 Å². The van der Waals surface area contributed by atoms with Crippen molar-refractivity contribution in [2.45, 2.75) is 33.1 Å². The molecule has 0 aromatic rings. The highest BCUT2D eigenvalue weighted by atomic mass is 79.9. The molecule has 0 radical (unpaired) electrons. The maximum Gasteiger partial charge on any atom is 0.306 e. The van der Waals surface area contributed by atoms with Gasteiger partial charge >= 0.3 is 5.97 Å². The number of carboxylic acid groups (broad SMARTS) is 1. The molecule has 0 aliphatic heterocycles. The second-order valence-electron chi connectivity index (χ2n) is 4.64. The minimum atomic E-state index is -0.727. The van der Waals surface area contributed by atoms with E-state index >= 15 is 0 Å². The van der Waals surface area contributed by atoms with Crippen molar-refractivity contribution in [3.05, 3.63) is 12.2 Å². The molecule has 0 amide bonds. The zero-order valence-electron chi connectivity index (χ0n) is 10.6. The Balaban J connectivity index is 4.59. The molecule has 0 aliphatic carbocycles. The quantitative estimate of drug-likeness (QED) is 0.480. The molecule has 0 unspecified atom stereocenters. The van der Waals surface area contributed by atoms with Crippen LogP contribution in [0.4, 0.5) is 0 Å². The highest BCUT2D eigenvalue weighted by Gasteiger charge is 2.26. The largest absolute Gasteiger partial charge is 0.481 e. The average Bonchev–Trinajstić information content (AvgIpc) is 2.24. The van der Waals surface area contributed by atoms with E-state index in [2.05, 4.69) is 38.4 Å². The van der Waals surface area contributed by atoms with Gasteiger partial charge in [0.25, 0.3) is 0 Å². The highest BCUT2D eigenvalue weighted by Crippen LogP contribution is 2.30. The second-order valence-corrected chi connectivity index (χ2v) is 6.22. The molecule has 0 saturated heterocycles. The van der Waals surface area contributed by atoms with Gasteiger partial charge in [0.15, 0.2) is 0 Å². The lowest BCUT2D eigenvalue weighted by atomic mass is 9.80. The van der Waals surface area contributed by atoms with Crippen LogP contribution in [0.2, 0.25) is 0 Å². The van der Waals surface area contributed by atoms with Crippen molar-refractivity contribution in [3.63, 3.8) is 0 Å². The minimum absolute atomic E-state index is 0.0793. The van der Waals surface area contributed by atoms with Gasteiger partial charge in [0.2, 0.25) is 0 Å². The number of alkyl halides is 2. The summed E-state index contributed by atoms with van der Waals surface area (Å²) in [5, 5.41) is 11.0. The summed E-state index contributed by atoms with van der Waals surface area (Å²) >= 11 is 6.92. The molecular formula is C13H22Br2O2. The maximum absolute atomic E-state index is 11.1. The molecule has 0 rings (SSSR count). The van der Waals surface area contributed by atoms with Gasteiger partial charge < -0.3 is 5.11 Å². The van der Waals surface area contributed by atoms with Crippen LogP contribution >= 0.6 is 31.9 Å². The molecule has 1 N–H and O–H groups in total. The molecule has 0 aromatic heterocycles. The normalized spacial score (nSPS) is 14.6. The van der Waals surface area contributed by atoms with E-state index < -0.39 is 5.97 Å². The molecule has 0 bridgehead atoms. The van der Waals surface area contributed by atoms with Crippen molar-refractivity contribution in [2.24, 2.45) is 17.8 Å². The predicted molar refractivity (Wildman–Crippen MR) is 80.0 cm³/mol. The summed E-state index contributed by atoms with van der Waals surface area (Å²) in [6, 6.07) is 0. The van der Waals surface area contributed by atoms with Gasteiger partial charge in [0.05, 0.1) is 5.92 Å². The Morgan fingerprint density at radius 2 is 1.76 bits per heavy atom. The van der Waals surface area contributed by atoms with Gasteiger partial charge in [-0.25, -0.2) is 0 Å². The summed E-state index contributed by atoms with van der Waals surface area (Å²) in [5.41, 5.74) is 0.981. The molecule has 100 valence electrons. The fraction of sp³-hybridized carbons (Fsp3) is 0.769. The van der Waals surface area contributed by atoms with Crippen molar-refractivity contribution < 1.29 is 9.90 Å². The summed E-state index contributed by atoms with van der Waals surface area (Å²) in [4.78, 5) is 11.1. The monoisotopic (exact) mass is 368 g/mol. The molecular weight excluding hydrogens is 348 g/mol. The SMILES string of the molecule is C=C(C)[C@H](CC(CCBr)CCBr)[C@@H](C)C(=O)O. The Morgan fingerprint density at radius 1 is 1.29 bits per heavy atom. The van der Waals surface area contributed by atoms with E-state index in [0.717, 1.165) is 35.5 Å². The van der Waals surface area contributed by atoms with Gasteiger partial charge in [0, 0.05) is 10.7 Å². The van der Waals surface area contributed by atoms with Gasteiger partial charge in [0.1, 0.15) is 0 Å². The molecule has 0 saturated carbocycles. The highest BCUT2D eigenvalue weighted by molar-refractivity contribution is 9.09. The van der Waals surface area contributed by atoms with Crippen molar-refractivity contribution in [1.82, 2.24) is 0 Å². The Kier molecular flexibility index (Phi) is 9.24. The smallest absolute Gasteiger partial charge is 0.306 e. The van der Waals surface area contributed by atoms with E-state index in [1.165, 1.54) is 0 Å². The number of hydrogen-bond donors (Lipinski definition) is 1. The van der Waals surface area contributed by atoms with E-state index in [1.54, 1.807) is 6.92 Å². The first-order valence-corrected chi connectivity index (χ1v) is 8.18. The first-order valence-electron chi connectivity index (χ1n) is 5.94. The Bertz CT molecular complexity index is 248. The third-order valence-corrected chi connectivity index (χ3v) is 4.16. The van der Waals surface area contributed by atoms with Crippen LogP contribution in [0.5, 0.6) is 0 Å². The van der Waals surface area contributed by atoms with E-state index in [-0.39, 0.29) is 11.8 Å². The van der Waals surface area contributed by atoms with Gasteiger partial charge in [-0.1, -0.05) is 50.9 Å². The van der Waals surface area contributed by atoms with Crippen LogP contribution in [-0.4, -0.2) is 21.7 Å². The van der Waals surface area contributed by atoms with E-state index in [1.807, 2.05) is 6.92 Å². The molecule has 0 spiro atoms. The lowest BCUT2D eigenvalue weighted by Crippen LogP contribution is -2.24. The van der Waals surface area contributed by atoms with E-state index in [9.17, 15) is 4.79 Å². The minimum Gasteiger partial charge on any atom is -0.481 e. The number of allylic oxidation sites excluding steroid dienone is 1. The molecule has 0 aromatic carbocycles. The van der Waals surface area contributed by atoms with Crippen molar-refractivity contribution in [1.29, 1.82) is 0 Å². The Hall–Kier alpha value is 0.170. The zero-order chi connectivity index (χ0) is 13.4. The number of carbonyl (C=O) groups is 1. The molecule has 17 heavy (non-hydrogen) atoms. The Morgan fingerprint density at radius 3 is 2.06 bits per heavy atom. The van der Waals surface area contributed by atoms with Crippen molar-refractivity contribution in [3.8, 4) is 0 Å². The lowest BCUT2D eigenvalue weighted by molar-refractivity contribution is -0.142. The molecule has 4 heteroatoms. The summed E-state index contributed by atoms with van der Waals surface area (Å²) < 4.78 is 0. The number of aliphatic carboxylic acids is 1. The van der Waals surface area contributed by atoms with Crippen LogP contribution in [0.15, 0.2) is 12.2 Å².